The maximum absolute atomic E-state index is 12.8. The predicted molar refractivity (Wildman–Crippen MR) is 124 cm³/mol. The summed E-state index contributed by atoms with van der Waals surface area (Å²) < 4.78 is 16.2. The lowest BCUT2D eigenvalue weighted by Gasteiger charge is -2.26. The molecular weight excluding hydrogens is 438 g/mol. The van der Waals surface area contributed by atoms with Gasteiger partial charge in [0.2, 0.25) is 5.91 Å². The Kier molecular flexibility index (Phi) is 8.70. The van der Waals surface area contributed by atoms with Crippen LogP contribution < -0.4 is 14.8 Å². The molecular formula is C21H27N3O5S2. The Hall–Kier alpha value is -2.14. The third-order valence-electron chi connectivity index (χ3n) is 4.96. The Labute approximate surface area is 191 Å². The smallest absolute Gasteiger partial charge is 0.266 e. The van der Waals surface area contributed by atoms with E-state index in [-0.39, 0.29) is 18.4 Å². The van der Waals surface area contributed by atoms with Crippen molar-refractivity contribution < 1.29 is 23.8 Å². The lowest BCUT2D eigenvalue weighted by atomic mass is 10.2. The number of thiocarbonyl (C=S) groups is 1. The molecule has 0 unspecified atom stereocenters. The Morgan fingerprint density at radius 1 is 1.26 bits per heavy atom. The van der Waals surface area contributed by atoms with Gasteiger partial charge >= 0.3 is 0 Å². The zero-order valence-electron chi connectivity index (χ0n) is 17.7. The highest BCUT2D eigenvalue weighted by Crippen LogP contribution is 2.34. The summed E-state index contributed by atoms with van der Waals surface area (Å²) in [7, 11) is 3.12. The fourth-order valence-corrected chi connectivity index (χ4v) is 4.54. The summed E-state index contributed by atoms with van der Waals surface area (Å²) in [6.07, 6.45) is 2.59. The van der Waals surface area contributed by atoms with Gasteiger partial charge in [-0.2, -0.15) is 0 Å². The van der Waals surface area contributed by atoms with Crippen LogP contribution in [-0.4, -0.2) is 86.1 Å². The number of hydrogen-bond acceptors (Lipinski definition) is 8. The maximum Gasteiger partial charge on any atom is 0.266 e. The molecule has 168 valence electrons. The van der Waals surface area contributed by atoms with Crippen molar-refractivity contribution in [3.05, 3.63) is 28.7 Å². The number of nitrogens with one attached hydrogen (secondary N) is 1. The molecule has 2 aliphatic rings. The van der Waals surface area contributed by atoms with Crippen LogP contribution in [0.3, 0.4) is 0 Å². The van der Waals surface area contributed by atoms with E-state index in [1.807, 2.05) is 6.07 Å². The summed E-state index contributed by atoms with van der Waals surface area (Å²) in [4.78, 5) is 29.2. The average molecular weight is 466 g/mol. The summed E-state index contributed by atoms with van der Waals surface area (Å²) in [5, 5.41) is 2.87. The molecule has 0 atom stereocenters. The number of benzene rings is 1. The lowest BCUT2D eigenvalue weighted by Crippen LogP contribution is -2.41. The molecule has 0 aliphatic carbocycles. The van der Waals surface area contributed by atoms with Crippen LogP contribution in [-0.2, 0) is 14.3 Å². The van der Waals surface area contributed by atoms with Crippen molar-refractivity contribution in [2.75, 3.05) is 60.2 Å². The molecule has 2 saturated heterocycles. The molecule has 1 N–H and O–H groups in total. The van der Waals surface area contributed by atoms with Crippen molar-refractivity contribution in [3.63, 3.8) is 0 Å². The second-order valence-electron chi connectivity index (χ2n) is 7.04. The molecule has 2 fully saturated rings. The van der Waals surface area contributed by atoms with Crippen LogP contribution in [0.25, 0.3) is 6.08 Å². The van der Waals surface area contributed by atoms with Gasteiger partial charge in [0, 0.05) is 19.6 Å². The fourth-order valence-electron chi connectivity index (χ4n) is 3.29. The topological polar surface area (TPSA) is 80.3 Å². The average Bonchev–Trinajstić information content (AvgIpc) is 3.04. The number of hydrogen-bond donors (Lipinski definition) is 1. The molecule has 0 spiro atoms. The Morgan fingerprint density at radius 3 is 2.71 bits per heavy atom. The van der Waals surface area contributed by atoms with E-state index in [9.17, 15) is 9.59 Å². The van der Waals surface area contributed by atoms with E-state index < -0.39 is 0 Å². The van der Waals surface area contributed by atoms with Gasteiger partial charge in [0.1, 0.15) is 10.9 Å². The number of morpholine rings is 1. The van der Waals surface area contributed by atoms with Gasteiger partial charge < -0.3 is 19.5 Å². The summed E-state index contributed by atoms with van der Waals surface area (Å²) in [6.45, 7) is 4.78. The number of rotatable bonds is 9. The van der Waals surface area contributed by atoms with Crippen LogP contribution in [0.1, 0.15) is 12.0 Å². The summed E-state index contributed by atoms with van der Waals surface area (Å²) >= 11 is 6.51. The molecule has 8 nitrogen and oxygen atoms in total. The Bertz CT molecular complexity index is 855. The molecule has 10 heteroatoms. The van der Waals surface area contributed by atoms with Crippen molar-refractivity contribution in [2.45, 2.75) is 6.42 Å². The largest absolute Gasteiger partial charge is 0.493 e. The van der Waals surface area contributed by atoms with Crippen LogP contribution in [0.4, 0.5) is 0 Å². The molecule has 0 bridgehead atoms. The van der Waals surface area contributed by atoms with E-state index in [2.05, 4.69) is 10.2 Å². The minimum absolute atomic E-state index is 0.0779. The maximum atomic E-state index is 12.8. The quantitative estimate of drug-likeness (QED) is 0.336. The van der Waals surface area contributed by atoms with Gasteiger partial charge in [0.05, 0.1) is 32.3 Å². The standard InChI is InChI=1S/C21H27N3O5S2/c1-27-16-5-4-15(12-17(16)28-2)13-18-20(26)24(21(30)31-18)14-19(25)22-6-3-7-23-8-10-29-11-9-23/h4-5,12-13H,3,6-11,14H2,1-2H3,(H,22,25)/b18-13+. The molecule has 1 aromatic carbocycles. The number of nitrogens with zero attached hydrogens (tertiary/aromatic N) is 2. The van der Waals surface area contributed by atoms with Crippen LogP contribution in [0.15, 0.2) is 23.1 Å². The summed E-state index contributed by atoms with van der Waals surface area (Å²) in [5.74, 6) is 0.694. The summed E-state index contributed by atoms with van der Waals surface area (Å²) in [6, 6.07) is 5.39. The molecule has 31 heavy (non-hydrogen) atoms. The van der Waals surface area contributed by atoms with E-state index in [1.54, 1.807) is 32.4 Å². The zero-order chi connectivity index (χ0) is 22.2. The SMILES string of the molecule is COc1ccc(/C=C2/SC(=S)N(CC(=O)NCCCN3CCOCC3)C2=O)cc1OC. The van der Waals surface area contributed by atoms with Crippen LogP contribution in [0.5, 0.6) is 11.5 Å². The molecule has 2 heterocycles. The first-order valence-corrected chi connectivity index (χ1v) is 11.3. The van der Waals surface area contributed by atoms with Gasteiger partial charge in [-0.25, -0.2) is 0 Å². The van der Waals surface area contributed by atoms with E-state index in [0.717, 1.165) is 44.8 Å². The van der Waals surface area contributed by atoms with Gasteiger partial charge in [-0.15, -0.1) is 0 Å². The Balaban J connectivity index is 1.51. The number of carbonyl (C=O) groups is 2. The predicted octanol–water partition coefficient (Wildman–Crippen LogP) is 1.74. The number of methoxy groups -OCH3 is 2. The highest BCUT2D eigenvalue weighted by Gasteiger charge is 2.33. The van der Waals surface area contributed by atoms with Crippen LogP contribution in [0.2, 0.25) is 0 Å². The first-order chi connectivity index (χ1) is 15.0. The second kappa shape index (κ2) is 11.5. The van der Waals surface area contributed by atoms with Crippen molar-refractivity contribution in [2.24, 2.45) is 0 Å². The monoisotopic (exact) mass is 465 g/mol. The van der Waals surface area contributed by atoms with E-state index in [1.165, 1.54) is 16.7 Å². The number of carbonyl (C=O) groups excluding carboxylic acids is 2. The second-order valence-corrected chi connectivity index (χ2v) is 8.72. The third kappa shape index (κ3) is 6.42. The first-order valence-electron chi connectivity index (χ1n) is 10.1. The highest BCUT2D eigenvalue weighted by atomic mass is 32.2. The van der Waals surface area contributed by atoms with Crippen molar-refractivity contribution >= 4 is 46.2 Å². The van der Waals surface area contributed by atoms with Gasteiger partial charge in [-0.1, -0.05) is 30.0 Å². The van der Waals surface area contributed by atoms with E-state index in [0.29, 0.717) is 27.3 Å². The molecule has 1 aromatic rings. The molecule has 0 aromatic heterocycles. The zero-order valence-corrected chi connectivity index (χ0v) is 19.4. The van der Waals surface area contributed by atoms with E-state index >= 15 is 0 Å². The fraction of sp³-hybridized carbons (Fsp3) is 0.476. The molecule has 0 saturated carbocycles. The van der Waals surface area contributed by atoms with Crippen molar-refractivity contribution in [1.82, 2.24) is 15.1 Å². The van der Waals surface area contributed by atoms with Gasteiger partial charge in [-0.05, 0) is 36.7 Å². The van der Waals surface area contributed by atoms with Crippen LogP contribution in [0, 0.1) is 0 Å². The normalized spacial score (nSPS) is 18.5. The summed E-state index contributed by atoms with van der Waals surface area (Å²) in [5.41, 5.74) is 0.783. The van der Waals surface area contributed by atoms with Gasteiger partial charge in [0.15, 0.2) is 11.5 Å². The number of ether oxygens (including phenoxy) is 3. The molecule has 2 amide bonds. The minimum Gasteiger partial charge on any atom is -0.493 e. The molecule has 3 rings (SSSR count). The molecule has 0 radical (unpaired) electrons. The van der Waals surface area contributed by atoms with Crippen molar-refractivity contribution in [3.8, 4) is 11.5 Å². The van der Waals surface area contributed by atoms with Gasteiger partial charge in [0.25, 0.3) is 5.91 Å². The lowest BCUT2D eigenvalue weighted by molar-refractivity contribution is -0.128. The number of amides is 2. The van der Waals surface area contributed by atoms with Gasteiger partial charge in [-0.3, -0.25) is 19.4 Å². The molecule has 2 aliphatic heterocycles. The van der Waals surface area contributed by atoms with Crippen LogP contribution >= 0.6 is 24.0 Å². The van der Waals surface area contributed by atoms with Crippen molar-refractivity contribution in [1.29, 1.82) is 0 Å². The highest BCUT2D eigenvalue weighted by molar-refractivity contribution is 8.26. The Morgan fingerprint density at radius 2 is 2.00 bits per heavy atom. The third-order valence-corrected chi connectivity index (χ3v) is 6.34. The van der Waals surface area contributed by atoms with E-state index in [4.69, 9.17) is 26.4 Å². The first kappa shape index (κ1) is 23.5. The number of thioether (sulfide) groups is 1. The minimum atomic E-state index is -0.270.